The molecule has 2 amide bonds. The van der Waals surface area contributed by atoms with E-state index in [9.17, 15) is 22.8 Å². The number of carbonyl (C=O) groups excluding carboxylic acids is 2. The number of alkyl halides is 3. The van der Waals surface area contributed by atoms with Crippen LogP contribution in [0.25, 0.3) is 6.08 Å². The van der Waals surface area contributed by atoms with Gasteiger partial charge in [0.1, 0.15) is 0 Å². The van der Waals surface area contributed by atoms with E-state index in [0.29, 0.717) is 18.5 Å². The molecule has 2 N–H and O–H groups in total. The SMILES string of the molecule is CNC(=O)c1ccc(C=CC(=O)NCCCN(C)CC(F)(F)F)cc1. The van der Waals surface area contributed by atoms with Gasteiger partial charge in [0.2, 0.25) is 5.91 Å². The maximum atomic E-state index is 12.2. The second-order valence-electron chi connectivity index (χ2n) is 5.53. The van der Waals surface area contributed by atoms with Crippen molar-refractivity contribution in [2.45, 2.75) is 12.6 Å². The fraction of sp³-hybridized carbons (Fsp3) is 0.412. The number of hydrogen-bond donors (Lipinski definition) is 2. The first-order valence-electron chi connectivity index (χ1n) is 7.74. The molecule has 138 valence electrons. The molecule has 25 heavy (non-hydrogen) atoms. The summed E-state index contributed by atoms with van der Waals surface area (Å²) in [6.45, 7) is -0.432. The van der Waals surface area contributed by atoms with Crippen LogP contribution in [0.4, 0.5) is 13.2 Å². The minimum Gasteiger partial charge on any atom is -0.355 e. The Morgan fingerprint density at radius 1 is 1.20 bits per heavy atom. The minimum atomic E-state index is -4.21. The van der Waals surface area contributed by atoms with E-state index >= 15 is 0 Å². The third-order valence-electron chi connectivity index (χ3n) is 3.29. The molecule has 0 saturated heterocycles. The Labute approximate surface area is 144 Å². The van der Waals surface area contributed by atoms with Crippen molar-refractivity contribution in [1.29, 1.82) is 0 Å². The Morgan fingerprint density at radius 2 is 1.84 bits per heavy atom. The maximum absolute atomic E-state index is 12.2. The van der Waals surface area contributed by atoms with Crippen LogP contribution in [0.2, 0.25) is 0 Å². The van der Waals surface area contributed by atoms with E-state index in [-0.39, 0.29) is 18.4 Å². The van der Waals surface area contributed by atoms with E-state index in [2.05, 4.69) is 10.6 Å². The fourth-order valence-electron chi connectivity index (χ4n) is 2.07. The number of hydrogen-bond acceptors (Lipinski definition) is 3. The van der Waals surface area contributed by atoms with E-state index in [1.165, 1.54) is 13.1 Å². The van der Waals surface area contributed by atoms with Crippen LogP contribution in [0.5, 0.6) is 0 Å². The van der Waals surface area contributed by atoms with Gasteiger partial charge in [0.05, 0.1) is 6.54 Å². The molecule has 0 aliphatic rings. The topological polar surface area (TPSA) is 61.4 Å². The summed E-state index contributed by atoms with van der Waals surface area (Å²) >= 11 is 0. The van der Waals surface area contributed by atoms with Gasteiger partial charge in [-0.3, -0.25) is 14.5 Å². The zero-order chi connectivity index (χ0) is 18.9. The summed E-state index contributed by atoms with van der Waals surface area (Å²) in [5.41, 5.74) is 1.28. The predicted molar refractivity (Wildman–Crippen MR) is 90.0 cm³/mol. The van der Waals surface area contributed by atoms with Crippen molar-refractivity contribution >= 4 is 17.9 Å². The van der Waals surface area contributed by atoms with Gasteiger partial charge in [-0.05, 0) is 43.8 Å². The van der Waals surface area contributed by atoms with Crippen molar-refractivity contribution in [3.8, 4) is 0 Å². The predicted octanol–water partition coefficient (Wildman–Crippen LogP) is 2.06. The number of benzene rings is 1. The zero-order valence-corrected chi connectivity index (χ0v) is 14.2. The van der Waals surface area contributed by atoms with Crippen LogP contribution < -0.4 is 10.6 Å². The minimum absolute atomic E-state index is 0.191. The summed E-state index contributed by atoms with van der Waals surface area (Å²) in [4.78, 5) is 24.2. The summed E-state index contributed by atoms with van der Waals surface area (Å²) in [7, 11) is 2.93. The van der Waals surface area contributed by atoms with E-state index in [1.807, 2.05) is 0 Å². The smallest absolute Gasteiger partial charge is 0.355 e. The second kappa shape index (κ2) is 9.83. The third-order valence-corrected chi connectivity index (χ3v) is 3.29. The van der Waals surface area contributed by atoms with Crippen LogP contribution in [0.15, 0.2) is 30.3 Å². The fourth-order valence-corrected chi connectivity index (χ4v) is 2.07. The van der Waals surface area contributed by atoms with E-state index in [4.69, 9.17) is 0 Å². The summed E-state index contributed by atoms with van der Waals surface area (Å²) in [6.07, 6.45) is -0.853. The van der Waals surface area contributed by atoms with Gasteiger partial charge in [0, 0.05) is 25.2 Å². The summed E-state index contributed by atoms with van der Waals surface area (Å²) in [6, 6.07) is 6.71. The number of carbonyl (C=O) groups is 2. The van der Waals surface area contributed by atoms with Crippen molar-refractivity contribution < 1.29 is 22.8 Å². The van der Waals surface area contributed by atoms with Crippen LogP contribution in [0.3, 0.4) is 0 Å². The molecule has 0 aliphatic heterocycles. The average Bonchev–Trinajstić information content (AvgIpc) is 2.55. The van der Waals surface area contributed by atoms with Gasteiger partial charge in [-0.25, -0.2) is 0 Å². The number of amides is 2. The monoisotopic (exact) mass is 357 g/mol. The largest absolute Gasteiger partial charge is 0.401 e. The van der Waals surface area contributed by atoms with Gasteiger partial charge in [0.15, 0.2) is 0 Å². The zero-order valence-electron chi connectivity index (χ0n) is 14.2. The Bertz CT molecular complexity index is 598. The molecule has 1 aromatic carbocycles. The van der Waals surface area contributed by atoms with Gasteiger partial charge in [0.25, 0.3) is 5.91 Å². The van der Waals surface area contributed by atoms with Crippen molar-refractivity contribution in [1.82, 2.24) is 15.5 Å². The number of halogens is 3. The molecule has 0 bridgehead atoms. The second-order valence-corrected chi connectivity index (χ2v) is 5.53. The van der Waals surface area contributed by atoms with Crippen molar-refractivity contribution in [3.05, 3.63) is 41.5 Å². The molecule has 0 fully saturated rings. The normalized spacial score (nSPS) is 11.8. The van der Waals surface area contributed by atoms with Gasteiger partial charge in [-0.1, -0.05) is 12.1 Å². The van der Waals surface area contributed by atoms with Gasteiger partial charge in [-0.15, -0.1) is 0 Å². The lowest BCUT2D eigenvalue weighted by molar-refractivity contribution is -0.143. The van der Waals surface area contributed by atoms with E-state index < -0.39 is 12.7 Å². The quantitative estimate of drug-likeness (QED) is 0.553. The standard InChI is InChI=1S/C17H22F3N3O2/c1-21-16(25)14-7-4-13(5-8-14)6-9-15(24)22-10-3-11-23(2)12-17(18,19)20/h4-9H,3,10-12H2,1-2H3,(H,21,25)(H,22,24). The highest BCUT2D eigenvalue weighted by Gasteiger charge is 2.28. The lowest BCUT2D eigenvalue weighted by Gasteiger charge is -2.18. The van der Waals surface area contributed by atoms with E-state index in [0.717, 1.165) is 10.5 Å². The molecule has 0 atom stereocenters. The molecule has 1 rings (SSSR count). The molecule has 0 aromatic heterocycles. The molecule has 0 radical (unpaired) electrons. The molecule has 8 heteroatoms. The first-order chi connectivity index (χ1) is 11.7. The first kappa shape index (κ1) is 20.7. The van der Waals surface area contributed by atoms with Gasteiger partial charge in [-0.2, -0.15) is 13.2 Å². The van der Waals surface area contributed by atoms with E-state index in [1.54, 1.807) is 37.4 Å². The third kappa shape index (κ3) is 8.90. The van der Waals surface area contributed by atoms with Gasteiger partial charge < -0.3 is 10.6 Å². The molecular formula is C17H22F3N3O2. The van der Waals surface area contributed by atoms with Crippen LogP contribution in [-0.4, -0.2) is 56.6 Å². The highest BCUT2D eigenvalue weighted by atomic mass is 19.4. The summed E-state index contributed by atoms with van der Waals surface area (Å²) in [5.74, 6) is -0.516. The Morgan fingerprint density at radius 3 is 2.40 bits per heavy atom. The molecular weight excluding hydrogens is 335 g/mol. The molecule has 0 spiro atoms. The van der Waals surface area contributed by atoms with Crippen LogP contribution in [0, 0.1) is 0 Å². The molecule has 0 saturated carbocycles. The highest BCUT2D eigenvalue weighted by Crippen LogP contribution is 2.15. The summed E-state index contributed by atoms with van der Waals surface area (Å²) in [5, 5.41) is 5.13. The van der Waals surface area contributed by atoms with Crippen molar-refractivity contribution in [2.24, 2.45) is 0 Å². The molecule has 5 nitrogen and oxygen atoms in total. The van der Waals surface area contributed by atoms with Gasteiger partial charge >= 0.3 is 6.18 Å². The molecule has 0 heterocycles. The Balaban J connectivity index is 2.32. The first-order valence-corrected chi connectivity index (χ1v) is 7.74. The average molecular weight is 357 g/mol. The van der Waals surface area contributed by atoms with Crippen LogP contribution in [-0.2, 0) is 4.79 Å². The number of nitrogens with zero attached hydrogens (tertiary/aromatic N) is 1. The number of nitrogens with one attached hydrogen (secondary N) is 2. The number of rotatable bonds is 8. The Hall–Kier alpha value is -2.35. The lowest BCUT2D eigenvalue weighted by atomic mass is 10.1. The van der Waals surface area contributed by atoms with Crippen molar-refractivity contribution in [3.63, 3.8) is 0 Å². The lowest BCUT2D eigenvalue weighted by Crippen LogP contribution is -2.33. The van der Waals surface area contributed by atoms with Crippen LogP contribution in [0.1, 0.15) is 22.3 Å². The molecule has 1 aromatic rings. The highest BCUT2D eigenvalue weighted by molar-refractivity contribution is 5.94. The van der Waals surface area contributed by atoms with Crippen molar-refractivity contribution in [2.75, 3.05) is 33.7 Å². The molecule has 0 aliphatic carbocycles. The maximum Gasteiger partial charge on any atom is 0.401 e. The Kier molecular flexibility index (Phi) is 8.13. The molecule has 0 unspecified atom stereocenters. The van der Waals surface area contributed by atoms with Crippen LogP contribution >= 0.6 is 0 Å². The summed E-state index contributed by atoms with van der Waals surface area (Å²) < 4.78 is 36.5.